The maximum absolute atomic E-state index is 12.2. The summed E-state index contributed by atoms with van der Waals surface area (Å²) in [6.45, 7) is 5.14. The Hall–Kier alpha value is -1.40. The number of ether oxygens (including phenoxy) is 1. The molecule has 6 nitrogen and oxygen atoms in total. The number of halogens is 1. The predicted octanol–water partition coefficient (Wildman–Crippen LogP) is 0.876. The van der Waals surface area contributed by atoms with E-state index in [4.69, 9.17) is 16.3 Å². The van der Waals surface area contributed by atoms with E-state index in [2.05, 4.69) is 10.2 Å². The zero-order valence-electron chi connectivity index (χ0n) is 11.1. The first kappa shape index (κ1) is 15.7. The molecule has 0 radical (unpaired) electrons. The highest BCUT2D eigenvalue weighted by Crippen LogP contribution is 2.04. The molecule has 1 amide bonds. The number of hydrogen-bond acceptors (Lipinski definition) is 4. The number of nitrogens with one attached hydrogen (secondary N) is 1. The zero-order chi connectivity index (χ0) is 14.3. The second-order valence-corrected chi connectivity index (χ2v) is 4.58. The third-order valence-corrected chi connectivity index (χ3v) is 2.63. The van der Waals surface area contributed by atoms with Gasteiger partial charge in [0.15, 0.2) is 0 Å². The topological polar surface area (TPSA) is 75.3 Å². The quantitative estimate of drug-likeness (QED) is 0.596. The second kappa shape index (κ2) is 7.91. The van der Waals surface area contributed by atoms with E-state index >= 15 is 0 Å². The maximum atomic E-state index is 12.2. The molecule has 1 aromatic rings. The van der Waals surface area contributed by atoms with Crippen LogP contribution in [0, 0.1) is 0 Å². The van der Waals surface area contributed by atoms with E-state index in [0.29, 0.717) is 25.6 Å². The van der Waals surface area contributed by atoms with Gasteiger partial charge in [0.05, 0.1) is 13.2 Å². The third-order valence-electron chi connectivity index (χ3n) is 2.48. The molecule has 7 heteroatoms. The minimum absolute atomic E-state index is 0.0147. The SMILES string of the molecule is CC(C)N(CCOCCCl)C(=O)c1ccc(=O)[nH]n1. The summed E-state index contributed by atoms with van der Waals surface area (Å²) in [6, 6.07) is 2.71. The van der Waals surface area contributed by atoms with Gasteiger partial charge in [-0.05, 0) is 19.9 Å². The summed E-state index contributed by atoms with van der Waals surface area (Å²) in [6.07, 6.45) is 0. The average molecular weight is 288 g/mol. The molecule has 0 atom stereocenters. The Morgan fingerprint density at radius 1 is 1.47 bits per heavy atom. The lowest BCUT2D eigenvalue weighted by molar-refractivity contribution is 0.0589. The van der Waals surface area contributed by atoms with Crippen LogP contribution < -0.4 is 5.56 Å². The predicted molar refractivity (Wildman–Crippen MR) is 72.6 cm³/mol. The summed E-state index contributed by atoms with van der Waals surface area (Å²) >= 11 is 5.50. The summed E-state index contributed by atoms with van der Waals surface area (Å²) in [7, 11) is 0. The van der Waals surface area contributed by atoms with Crippen molar-refractivity contribution in [1.29, 1.82) is 0 Å². The van der Waals surface area contributed by atoms with Crippen molar-refractivity contribution in [2.24, 2.45) is 0 Å². The summed E-state index contributed by atoms with van der Waals surface area (Å²) in [5, 5.41) is 5.98. The van der Waals surface area contributed by atoms with Gasteiger partial charge in [-0.3, -0.25) is 9.59 Å². The number of H-pyrrole nitrogens is 1. The minimum atomic E-state index is -0.335. The van der Waals surface area contributed by atoms with E-state index in [1.54, 1.807) is 4.90 Å². The lowest BCUT2D eigenvalue weighted by atomic mass is 10.2. The Morgan fingerprint density at radius 2 is 2.21 bits per heavy atom. The molecular weight excluding hydrogens is 270 g/mol. The number of amides is 1. The molecule has 0 fully saturated rings. The highest BCUT2D eigenvalue weighted by molar-refractivity contribution is 6.17. The number of nitrogens with zero attached hydrogens (tertiary/aromatic N) is 2. The molecule has 106 valence electrons. The molecule has 0 aromatic carbocycles. The molecule has 0 unspecified atom stereocenters. The third kappa shape index (κ3) is 5.00. The van der Waals surface area contributed by atoms with Gasteiger partial charge in [0.25, 0.3) is 11.5 Å². The second-order valence-electron chi connectivity index (χ2n) is 4.20. The number of aromatic nitrogens is 2. The fourth-order valence-electron chi connectivity index (χ4n) is 1.52. The van der Waals surface area contributed by atoms with Crippen molar-refractivity contribution in [1.82, 2.24) is 15.1 Å². The van der Waals surface area contributed by atoms with E-state index in [0.717, 1.165) is 0 Å². The molecule has 0 spiro atoms. The first-order chi connectivity index (χ1) is 9.06. The summed E-state index contributed by atoms with van der Waals surface area (Å²) < 4.78 is 5.26. The van der Waals surface area contributed by atoms with Gasteiger partial charge in [0, 0.05) is 24.5 Å². The minimum Gasteiger partial charge on any atom is -0.378 e. The van der Waals surface area contributed by atoms with Crippen LogP contribution in [-0.4, -0.2) is 52.7 Å². The van der Waals surface area contributed by atoms with E-state index in [9.17, 15) is 9.59 Å². The molecule has 1 heterocycles. The Bertz CT molecular complexity index is 441. The van der Waals surface area contributed by atoms with Crippen LogP contribution in [0.3, 0.4) is 0 Å². The first-order valence-electron chi connectivity index (χ1n) is 6.06. The molecule has 0 aliphatic rings. The fraction of sp³-hybridized carbons (Fsp3) is 0.583. The normalized spacial score (nSPS) is 10.7. The van der Waals surface area contributed by atoms with Gasteiger partial charge in [0.1, 0.15) is 5.69 Å². The largest absolute Gasteiger partial charge is 0.378 e. The van der Waals surface area contributed by atoms with Gasteiger partial charge >= 0.3 is 0 Å². The van der Waals surface area contributed by atoms with E-state index in [1.165, 1.54) is 12.1 Å². The van der Waals surface area contributed by atoms with Crippen LogP contribution in [0.2, 0.25) is 0 Å². The molecule has 19 heavy (non-hydrogen) atoms. The fourth-order valence-corrected chi connectivity index (χ4v) is 1.63. The van der Waals surface area contributed by atoms with Crippen molar-refractivity contribution in [2.75, 3.05) is 25.6 Å². The van der Waals surface area contributed by atoms with Crippen molar-refractivity contribution in [3.05, 3.63) is 28.2 Å². The van der Waals surface area contributed by atoms with Crippen molar-refractivity contribution in [3.8, 4) is 0 Å². The van der Waals surface area contributed by atoms with Gasteiger partial charge in [-0.25, -0.2) is 5.10 Å². The zero-order valence-corrected chi connectivity index (χ0v) is 11.8. The van der Waals surface area contributed by atoms with Crippen molar-refractivity contribution < 1.29 is 9.53 Å². The number of rotatable bonds is 7. The van der Waals surface area contributed by atoms with Crippen LogP contribution in [-0.2, 0) is 4.74 Å². The van der Waals surface area contributed by atoms with E-state index in [1.807, 2.05) is 13.8 Å². The van der Waals surface area contributed by atoms with Crippen LogP contribution in [0.4, 0.5) is 0 Å². The summed E-state index contributed by atoms with van der Waals surface area (Å²) in [5.41, 5.74) is -0.122. The van der Waals surface area contributed by atoms with E-state index < -0.39 is 0 Å². The molecule has 1 rings (SSSR count). The van der Waals surface area contributed by atoms with Crippen LogP contribution in [0.25, 0.3) is 0 Å². The number of alkyl halides is 1. The maximum Gasteiger partial charge on any atom is 0.274 e. The van der Waals surface area contributed by atoms with E-state index in [-0.39, 0.29) is 23.2 Å². The van der Waals surface area contributed by atoms with Crippen LogP contribution in [0.5, 0.6) is 0 Å². The van der Waals surface area contributed by atoms with Gasteiger partial charge < -0.3 is 9.64 Å². The lowest BCUT2D eigenvalue weighted by Crippen LogP contribution is -2.40. The van der Waals surface area contributed by atoms with Gasteiger partial charge in [0.2, 0.25) is 0 Å². The number of carbonyl (C=O) groups excluding carboxylic acids is 1. The summed E-state index contributed by atoms with van der Waals surface area (Å²) in [4.78, 5) is 24.8. The van der Waals surface area contributed by atoms with Crippen LogP contribution in [0.1, 0.15) is 24.3 Å². The number of hydrogen-bond donors (Lipinski definition) is 1. The van der Waals surface area contributed by atoms with Gasteiger partial charge in [-0.2, -0.15) is 5.10 Å². The first-order valence-corrected chi connectivity index (χ1v) is 6.60. The molecule has 1 N–H and O–H groups in total. The number of carbonyl (C=O) groups is 1. The Balaban J connectivity index is 2.67. The van der Waals surface area contributed by atoms with Gasteiger partial charge in [-0.1, -0.05) is 0 Å². The average Bonchev–Trinajstić information content (AvgIpc) is 2.38. The monoisotopic (exact) mass is 287 g/mol. The molecular formula is C12H18ClN3O3. The Morgan fingerprint density at radius 3 is 2.74 bits per heavy atom. The molecule has 0 bridgehead atoms. The smallest absolute Gasteiger partial charge is 0.274 e. The van der Waals surface area contributed by atoms with Crippen molar-refractivity contribution in [2.45, 2.75) is 19.9 Å². The molecule has 0 aliphatic carbocycles. The van der Waals surface area contributed by atoms with Crippen LogP contribution >= 0.6 is 11.6 Å². The standard InChI is InChI=1S/C12H18ClN3O3/c1-9(2)16(6-8-19-7-5-13)12(18)10-3-4-11(17)15-14-10/h3-4,9H,5-8H2,1-2H3,(H,15,17). The van der Waals surface area contributed by atoms with Crippen LogP contribution in [0.15, 0.2) is 16.9 Å². The lowest BCUT2D eigenvalue weighted by Gasteiger charge is -2.26. The highest BCUT2D eigenvalue weighted by atomic mass is 35.5. The van der Waals surface area contributed by atoms with Crippen molar-refractivity contribution in [3.63, 3.8) is 0 Å². The summed E-state index contributed by atoms with van der Waals surface area (Å²) in [5.74, 6) is 0.192. The Kier molecular flexibility index (Phi) is 6.52. The molecule has 0 aliphatic heterocycles. The van der Waals surface area contributed by atoms with Crippen molar-refractivity contribution >= 4 is 17.5 Å². The molecule has 0 saturated carbocycles. The molecule has 0 saturated heterocycles. The van der Waals surface area contributed by atoms with Gasteiger partial charge in [-0.15, -0.1) is 11.6 Å². The molecule has 1 aromatic heterocycles. The highest BCUT2D eigenvalue weighted by Gasteiger charge is 2.19. The number of aromatic amines is 1. The Labute approximate surface area is 116 Å².